The highest BCUT2D eigenvalue weighted by Crippen LogP contribution is 2.25. The highest BCUT2D eigenvalue weighted by atomic mass is 32.2. The van der Waals surface area contributed by atoms with Crippen molar-refractivity contribution in [2.24, 2.45) is 4.99 Å². The second-order valence-electron chi connectivity index (χ2n) is 5.24. The molecule has 2 nitrogen and oxygen atoms in total. The van der Waals surface area contributed by atoms with Gasteiger partial charge in [-0.15, -0.1) is 0 Å². The highest BCUT2D eigenvalue weighted by Gasteiger charge is 2.08. The number of aliphatic imine (C=N–C) groups is 1. The first-order valence-corrected chi connectivity index (χ1v) is 8.94. The number of thiocarbonyl (C=S) groups is 1. The third kappa shape index (κ3) is 5.76. The number of isothiocyanates is 1. The van der Waals surface area contributed by atoms with E-state index < -0.39 is 0 Å². The molecule has 0 N–H and O–H groups in total. The molecule has 118 valence electrons. The number of unbranched alkanes of at least 4 members (excludes halogenated alkanes) is 2. The van der Waals surface area contributed by atoms with E-state index in [1.807, 2.05) is 36.4 Å². The Balaban J connectivity index is 1.95. The summed E-state index contributed by atoms with van der Waals surface area (Å²) in [6.45, 7) is 2.20. The van der Waals surface area contributed by atoms with Crippen LogP contribution in [0.4, 0.5) is 5.69 Å². The molecule has 0 unspecified atom stereocenters. The van der Waals surface area contributed by atoms with Crippen molar-refractivity contribution in [2.75, 3.05) is 0 Å². The zero-order valence-electron chi connectivity index (χ0n) is 13.1. The van der Waals surface area contributed by atoms with Crippen LogP contribution in [0.2, 0.25) is 0 Å². The number of nitrogens with zero attached hydrogens (tertiary/aromatic N) is 1. The minimum absolute atomic E-state index is 0.0520. The average molecular weight is 342 g/mol. The van der Waals surface area contributed by atoms with E-state index >= 15 is 0 Å². The Morgan fingerprint density at radius 3 is 2.39 bits per heavy atom. The number of aryl methyl sites for hydroxylation is 1. The van der Waals surface area contributed by atoms with Gasteiger partial charge in [-0.1, -0.05) is 44.0 Å². The molecule has 0 aliphatic carbocycles. The van der Waals surface area contributed by atoms with Crippen molar-refractivity contribution in [3.05, 3.63) is 59.7 Å². The van der Waals surface area contributed by atoms with Gasteiger partial charge in [0.1, 0.15) is 0 Å². The van der Waals surface area contributed by atoms with Gasteiger partial charge in [-0.3, -0.25) is 4.79 Å². The van der Waals surface area contributed by atoms with Gasteiger partial charge in [-0.25, -0.2) is 0 Å². The highest BCUT2D eigenvalue weighted by molar-refractivity contribution is 8.14. The van der Waals surface area contributed by atoms with E-state index in [1.165, 1.54) is 36.6 Å². The van der Waals surface area contributed by atoms with Crippen LogP contribution in [0.3, 0.4) is 0 Å². The van der Waals surface area contributed by atoms with Crippen LogP contribution in [0.5, 0.6) is 0 Å². The number of carbonyl (C=O) groups is 1. The first kappa shape index (κ1) is 17.6. The monoisotopic (exact) mass is 341 g/mol. The third-order valence-corrected chi connectivity index (χ3v) is 4.50. The Kier molecular flexibility index (Phi) is 7.21. The molecule has 0 aliphatic heterocycles. The number of hydrogen-bond acceptors (Lipinski definition) is 4. The standard InChI is InChI=1S/C19H19NOS2/c1-2-3-4-5-15-6-8-16(9-7-15)19(21)23-18-12-10-17(11-13-18)20-14-22/h6-13H,2-5H2,1H3. The predicted molar refractivity (Wildman–Crippen MR) is 101 cm³/mol. The van der Waals surface area contributed by atoms with Gasteiger partial charge in [0.05, 0.1) is 10.8 Å². The Morgan fingerprint density at radius 2 is 1.78 bits per heavy atom. The van der Waals surface area contributed by atoms with Crippen molar-refractivity contribution in [3.63, 3.8) is 0 Å². The summed E-state index contributed by atoms with van der Waals surface area (Å²) in [5.74, 6) is 0. The van der Waals surface area contributed by atoms with Gasteiger partial charge in [0.2, 0.25) is 5.12 Å². The quantitative estimate of drug-likeness (QED) is 0.264. The molecule has 23 heavy (non-hydrogen) atoms. The predicted octanol–water partition coefficient (Wildman–Crippen LogP) is 6.09. The third-order valence-electron chi connectivity index (χ3n) is 3.48. The van der Waals surface area contributed by atoms with Crippen LogP contribution in [0.15, 0.2) is 58.4 Å². The lowest BCUT2D eigenvalue weighted by Gasteiger charge is -2.04. The van der Waals surface area contributed by atoms with Crippen molar-refractivity contribution in [2.45, 2.75) is 37.5 Å². The number of rotatable bonds is 7. The summed E-state index contributed by atoms with van der Waals surface area (Å²) in [6.07, 6.45) is 4.76. The first-order valence-electron chi connectivity index (χ1n) is 7.72. The fraction of sp³-hybridized carbons (Fsp3) is 0.263. The topological polar surface area (TPSA) is 29.4 Å². The smallest absolute Gasteiger partial charge is 0.224 e. The molecular weight excluding hydrogens is 322 g/mol. The first-order chi connectivity index (χ1) is 11.2. The SMILES string of the molecule is CCCCCc1ccc(C(=O)Sc2ccc(N=C=S)cc2)cc1. The molecule has 0 aliphatic rings. The zero-order chi connectivity index (χ0) is 16.5. The van der Waals surface area contributed by atoms with Crippen LogP contribution in [0.1, 0.15) is 42.1 Å². The van der Waals surface area contributed by atoms with Crippen LogP contribution in [-0.4, -0.2) is 10.3 Å². The number of hydrogen-bond donors (Lipinski definition) is 0. The van der Waals surface area contributed by atoms with Crippen LogP contribution in [-0.2, 0) is 6.42 Å². The molecule has 0 fully saturated rings. The van der Waals surface area contributed by atoms with Gasteiger partial charge in [-0.05, 0) is 66.7 Å². The van der Waals surface area contributed by atoms with E-state index in [-0.39, 0.29) is 5.12 Å². The number of thioether (sulfide) groups is 1. The van der Waals surface area contributed by atoms with E-state index in [0.29, 0.717) is 0 Å². The number of benzene rings is 2. The fourth-order valence-electron chi connectivity index (χ4n) is 2.19. The molecule has 2 aromatic carbocycles. The molecule has 0 saturated carbocycles. The molecular formula is C19H19NOS2. The van der Waals surface area contributed by atoms with Gasteiger partial charge >= 0.3 is 0 Å². The normalized spacial score (nSPS) is 10.1. The number of carbonyl (C=O) groups excluding carboxylic acids is 1. The fourth-order valence-corrected chi connectivity index (χ4v) is 3.04. The molecule has 0 saturated heterocycles. The lowest BCUT2D eigenvalue weighted by Crippen LogP contribution is -1.94. The maximum absolute atomic E-state index is 12.3. The molecule has 0 aromatic heterocycles. The zero-order valence-corrected chi connectivity index (χ0v) is 14.8. The summed E-state index contributed by atoms with van der Waals surface area (Å²) in [6, 6.07) is 15.3. The van der Waals surface area contributed by atoms with E-state index in [1.54, 1.807) is 0 Å². The molecule has 2 rings (SSSR count). The lowest BCUT2D eigenvalue weighted by molar-refractivity contribution is 0.108. The Morgan fingerprint density at radius 1 is 1.09 bits per heavy atom. The van der Waals surface area contributed by atoms with Crippen LogP contribution < -0.4 is 0 Å². The van der Waals surface area contributed by atoms with E-state index in [2.05, 4.69) is 41.4 Å². The molecule has 0 amide bonds. The van der Waals surface area contributed by atoms with Gasteiger partial charge < -0.3 is 0 Å². The van der Waals surface area contributed by atoms with E-state index in [0.717, 1.165) is 22.6 Å². The van der Waals surface area contributed by atoms with Crippen molar-refractivity contribution >= 4 is 39.9 Å². The van der Waals surface area contributed by atoms with Crippen molar-refractivity contribution in [1.29, 1.82) is 0 Å². The molecule has 2 aromatic rings. The molecule has 0 radical (unpaired) electrons. The Bertz CT molecular complexity index is 686. The van der Waals surface area contributed by atoms with Gasteiger partial charge in [-0.2, -0.15) is 4.99 Å². The molecule has 0 heterocycles. The summed E-state index contributed by atoms with van der Waals surface area (Å²) in [5.41, 5.74) is 2.77. The van der Waals surface area contributed by atoms with Gasteiger partial charge in [0, 0.05) is 10.5 Å². The molecule has 4 heteroatoms. The maximum atomic E-state index is 12.3. The van der Waals surface area contributed by atoms with E-state index in [4.69, 9.17) is 0 Å². The summed E-state index contributed by atoms with van der Waals surface area (Å²) in [4.78, 5) is 17.1. The average Bonchev–Trinajstić information content (AvgIpc) is 2.58. The van der Waals surface area contributed by atoms with Gasteiger partial charge in [0.15, 0.2) is 0 Å². The largest absolute Gasteiger partial charge is 0.281 e. The Hall–Kier alpha value is -1.74. The van der Waals surface area contributed by atoms with Crippen molar-refractivity contribution < 1.29 is 4.79 Å². The van der Waals surface area contributed by atoms with Crippen LogP contribution in [0.25, 0.3) is 0 Å². The summed E-state index contributed by atoms with van der Waals surface area (Å²) < 4.78 is 0. The van der Waals surface area contributed by atoms with Crippen molar-refractivity contribution in [1.82, 2.24) is 0 Å². The summed E-state index contributed by atoms with van der Waals surface area (Å²) in [7, 11) is 0. The summed E-state index contributed by atoms with van der Waals surface area (Å²) >= 11 is 5.79. The lowest BCUT2D eigenvalue weighted by atomic mass is 10.1. The molecule has 0 spiro atoms. The minimum Gasteiger partial charge on any atom is -0.281 e. The maximum Gasteiger partial charge on any atom is 0.224 e. The molecule has 0 bridgehead atoms. The van der Waals surface area contributed by atoms with Gasteiger partial charge in [0.25, 0.3) is 0 Å². The summed E-state index contributed by atoms with van der Waals surface area (Å²) in [5, 5.41) is 2.38. The Labute approximate surface area is 147 Å². The second kappa shape index (κ2) is 9.41. The molecule has 0 atom stereocenters. The van der Waals surface area contributed by atoms with E-state index in [9.17, 15) is 4.79 Å². The van der Waals surface area contributed by atoms with Crippen molar-refractivity contribution in [3.8, 4) is 0 Å². The van der Waals surface area contributed by atoms with Crippen LogP contribution in [0, 0.1) is 0 Å². The van der Waals surface area contributed by atoms with Crippen LogP contribution >= 0.6 is 24.0 Å². The second-order valence-corrected chi connectivity index (χ2v) is 6.47. The minimum atomic E-state index is 0.0520.